The Bertz CT molecular complexity index is 554. The largest absolute Gasteiger partial charge is 0.0696 e. The molecule has 2 aromatic rings. The van der Waals surface area contributed by atoms with E-state index in [1.54, 1.807) is 0 Å². The Labute approximate surface area is 110 Å². The van der Waals surface area contributed by atoms with Crippen molar-refractivity contribution >= 4 is 22.0 Å². The molecule has 0 N–H and O–H groups in total. The molecule has 0 aliphatic rings. The molecule has 0 aliphatic carbocycles. The van der Waals surface area contributed by atoms with E-state index in [0.717, 1.165) is 15.6 Å². The van der Waals surface area contributed by atoms with Crippen molar-refractivity contribution in [3.63, 3.8) is 0 Å². The van der Waals surface area contributed by atoms with Crippen LogP contribution in [0.4, 0.5) is 0 Å². The molecule has 2 aromatic carbocycles. The highest BCUT2D eigenvalue weighted by molar-refractivity contribution is 9.10. The van der Waals surface area contributed by atoms with E-state index < -0.39 is 0 Å². The lowest BCUT2D eigenvalue weighted by Gasteiger charge is -1.89. The van der Waals surface area contributed by atoms with Crippen molar-refractivity contribution in [2.24, 2.45) is 0 Å². The Hall–Kier alpha value is -1.78. The van der Waals surface area contributed by atoms with Gasteiger partial charge >= 0.3 is 0 Å². The molecule has 0 fully saturated rings. The second-order valence-corrected chi connectivity index (χ2v) is 4.44. The van der Waals surface area contributed by atoms with Crippen molar-refractivity contribution in [3.8, 4) is 11.8 Å². The third kappa shape index (κ3) is 3.94. The van der Waals surface area contributed by atoms with Crippen molar-refractivity contribution in [1.82, 2.24) is 0 Å². The summed E-state index contributed by atoms with van der Waals surface area (Å²) in [5, 5.41) is 0. The normalized spacial score (nSPS) is 9.94. The van der Waals surface area contributed by atoms with E-state index in [4.69, 9.17) is 0 Å². The molecule has 0 radical (unpaired) electrons. The van der Waals surface area contributed by atoms with Crippen LogP contribution in [-0.2, 0) is 0 Å². The van der Waals surface area contributed by atoms with Gasteiger partial charge in [0, 0.05) is 10.0 Å². The number of rotatable bonds is 1. The van der Waals surface area contributed by atoms with Gasteiger partial charge in [-0.05, 0) is 42.0 Å². The number of hydrogen-bond donors (Lipinski definition) is 0. The average molecular weight is 283 g/mol. The Balaban J connectivity index is 2.04. The first-order valence-electron chi connectivity index (χ1n) is 5.33. The Morgan fingerprint density at radius 2 is 1.59 bits per heavy atom. The summed E-state index contributed by atoms with van der Waals surface area (Å²) in [6.45, 7) is 0. The van der Waals surface area contributed by atoms with Gasteiger partial charge in [-0.1, -0.05) is 58.1 Å². The van der Waals surface area contributed by atoms with E-state index in [9.17, 15) is 0 Å². The van der Waals surface area contributed by atoms with Crippen LogP contribution in [0.25, 0.3) is 6.08 Å². The minimum Gasteiger partial charge on any atom is -0.0696 e. The monoisotopic (exact) mass is 282 g/mol. The average Bonchev–Trinajstić information content (AvgIpc) is 2.38. The SMILES string of the molecule is Brc1ccc(C#CC=Cc2ccccc2)cc1. The Morgan fingerprint density at radius 3 is 2.29 bits per heavy atom. The van der Waals surface area contributed by atoms with Gasteiger partial charge in [-0.15, -0.1) is 0 Å². The van der Waals surface area contributed by atoms with Crippen LogP contribution < -0.4 is 0 Å². The molecule has 0 nitrogen and oxygen atoms in total. The lowest BCUT2D eigenvalue weighted by atomic mass is 10.2. The zero-order valence-corrected chi connectivity index (χ0v) is 10.8. The predicted molar refractivity (Wildman–Crippen MR) is 76.5 cm³/mol. The summed E-state index contributed by atoms with van der Waals surface area (Å²) in [7, 11) is 0. The third-order valence-electron chi connectivity index (χ3n) is 2.22. The molecule has 0 atom stereocenters. The predicted octanol–water partition coefficient (Wildman–Crippen LogP) is 4.51. The van der Waals surface area contributed by atoms with Crippen LogP contribution in [0.15, 0.2) is 65.1 Å². The summed E-state index contributed by atoms with van der Waals surface area (Å²) in [4.78, 5) is 0. The number of halogens is 1. The molecule has 0 spiro atoms. The fourth-order valence-electron chi connectivity index (χ4n) is 1.36. The van der Waals surface area contributed by atoms with Crippen LogP contribution in [-0.4, -0.2) is 0 Å². The van der Waals surface area contributed by atoms with E-state index >= 15 is 0 Å². The molecule has 0 aromatic heterocycles. The molecular formula is C16H11Br. The fourth-order valence-corrected chi connectivity index (χ4v) is 1.62. The van der Waals surface area contributed by atoms with Crippen LogP contribution in [0.1, 0.15) is 11.1 Å². The first-order chi connectivity index (χ1) is 8.34. The summed E-state index contributed by atoms with van der Waals surface area (Å²) < 4.78 is 1.07. The first-order valence-corrected chi connectivity index (χ1v) is 6.12. The molecule has 82 valence electrons. The molecule has 0 saturated carbocycles. The summed E-state index contributed by atoms with van der Waals surface area (Å²) >= 11 is 3.40. The van der Waals surface area contributed by atoms with Gasteiger partial charge in [-0.3, -0.25) is 0 Å². The Morgan fingerprint density at radius 1 is 0.882 bits per heavy atom. The van der Waals surface area contributed by atoms with Gasteiger partial charge in [-0.2, -0.15) is 0 Å². The van der Waals surface area contributed by atoms with E-state index in [1.807, 2.05) is 54.6 Å². The van der Waals surface area contributed by atoms with Gasteiger partial charge in [0.2, 0.25) is 0 Å². The maximum atomic E-state index is 3.40. The molecule has 0 unspecified atom stereocenters. The van der Waals surface area contributed by atoms with Crippen molar-refractivity contribution < 1.29 is 0 Å². The molecule has 0 heterocycles. The molecule has 0 bridgehead atoms. The molecule has 2 rings (SSSR count). The quantitative estimate of drug-likeness (QED) is 0.675. The van der Waals surface area contributed by atoms with Crippen LogP contribution in [0, 0.1) is 11.8 Å². The minimum atomic E-state index is 1.02. The summed E-state index contributed by atoms with van der Waals surface area (Å²) in [5.74, 6) is 6.11. The maximum absolute atomic E-state index is 3.40. The van der Waals surface area contributed by atoms with Crippen LogP contribution in [0.3, 0.4) is 0 Å². The van der Waals surface area contributed by atoms with E-state index in [0.29, 0.717) is 0 Å². The van der Waals surface area contributed by atoms with Gasteiger partial charge in [-0.25, -0.2) is 0 Å². The maximum Gasteiger partial charge on any atom is 0.0249 e. The molecule has 0 amide bonds. The second kappa shape index (κ2) is 6.08. The summed E-state index contributed by atoms with van der Waals surface area (Å²) in [5.41, 5.74) is 2.18. The fraction of sp³-hybridized carbons (Fsp3) is 0. The highest BCUT2D eigenvalue weighted by atomic mass is 79.9. The standard InChI is InChI=1S/C16H11Br/c17-16-12-10-15(11-13-16)9-5-4-8-14-6-2-1-3-7-14/h1-4,6-8,10-13H. The number of hydrogen-bond acceptors (Lipinski definition) is 0. The van der Waals surface area contributed by atoms with Gasteiger partial charge in [0.1, 0.15) is 0 Å². The molecule has 0 saturated heterocycles. The lowest BCUT2D eigenvalue weighted by molar-refractivity contribution is 1.60. The molecule has 17 heavy (non-hydrogen) atoms. The number of allylic oxidation sites excluding steroid dienone is 1. The molecular weight excluding hydrogens is 272 g/mol. The van der Waals surface area contributed by atoms with Crippen LogP contribution in [0.2, 0.25) is 0 Å². The summed E-state index contributed by atoms with van der Waals surface area (Å²) in [6.07, 6.45) is 3.88. The van der Waals surface area contributed by atoms with Crippen molar-refractivity contribution in [2.75, 3.05) is 0 Å². The van der Waals surface area contributed by atoms with Crippen molar-refractivity contribution in [3.05, 3.63) is 76.3 Å². The lowest BCUT2D eigenvalue weighted by Crippen LogP contribution is -1.71. The molecule has 1 heteroatoms. The van der Waals surface area contributed by atoms with E-state index in [1.165, 1.54) is 0 Å². The highest BCUT2D eigenvalue weighted by Crippen LogP contribution is 2.09. The summed E-state index contributed by atoms with van der Waals surface area (Å²) in [6, 6.07) is 18.1. The van der Waals surface area contributed by atoms with Gasteiger partial charge in [0.25, 0.3) is 0 Å². The van der Waals surface area contributed by atoms with Crippen LogP contribution >= 0.6 is 15.9 Å². The van der Waals surface area contributed by atoms with Gasteiger partial charge in [0.05, 0.1) is 0 Å². The van der Waals surface area contributed by atoms with Gasteiger partial charge in [0.15, 0.2) is 0 Å². The first kappa shape index (κ1) is 11.7. The van der Waals surface area contributed by atoms with E-state index in [-0.39, 0.29) is 0 Å². The topological polar surface area (TPSA) is 0 Å². The zero-order chi connectivity index (χ0) is 11.9. The molecule has 0 aliphatic heterocycles. The smallest absolute Gasteiger partial charge is 0.0249 e. The zero-order valence-electron chi connectivity index (χ0n) is 9.23. The number of benzene rings is 2. The third-order valence-corrected chi connectivity index (χ3v) is 2.75. The van der Waals surface area contributed by atoms with Crippen molar-refractivity contribution in [1.29, 1.82) is 0 Å². The van der Waals surface area contributed by atoms with E-state index in [2.05, 4.69) is 39.9 Å². The minimum absolute atomic E-state index is 1.02. The van der Waals surface area contributed by atoms with Crippen LogP contribution in [0.5, 0.6) is 0 Å². The highest BCUT2D eigenvalue weighted by Gasteiger charge is 1.85. The second-order valence-electron chi connectivity index (χ2n) is 3.52. The Kier molecular flexibility index (Phi) is 4.18. The van der Waals surface area contributed by atoms with Crippen molar-refractivity contribution in [2.45, 2.75) is 0 Å². The van der Waals surface area contributed by atoms with Gasteiger partial charge < -0.3 is 0 Å².